The number of hydrogen-bond acceptors (Lipinski definition) is 6. The summed E-state index contributed by atoms with van der Waals surface area (Å²) in [7, 11) is -3.33. The van der Waals surface area contributed by atoms with E-state index in [0.717, 1.165) is 25.7 Å². The maximum atomic E-state index is 12.0. The van der Waals surface area contributed by atoms with Gasteiger partial charge in [-0.3, -0.25) is 0 Å². The number of nitrogens with zero attached hydrogens (tertiary/aromatic N) is 2. The van der Waals surface area contributed by atoms with E-state index in [1.165, 1.54) is 11.1 Å². The Morgan fingerprint density at radius 3 is 2.55 bits per heavy atom. The highest BCUT2D eigenvalue weighted by atomic mass is 32.2. The van der Waals surface area contributed by atoms with Crippen LogP contribution in [-0.4, -0.2) is 24.8 Å². The van der Waals surface area contributed by atoms with Gasteiger partial charge in [0.2, 0.25) is 5.89 Å². The fourth-order valence-electron chi connectivity index (χ4n) is 2.93. The van der Waals surface area contributed by atoms with Gasteiger partial charge in [-0.1, -0.05) is 24.1 Å². The van der Waals surface area contributed by atoms with Crippen LogP contribution in [-0.2, 0) is 20.0 Å². The van der Waals surface area contributed by atoms with Crippen molar-refractivity contribution in [1.29, 1.82) is 0 Å². The third-order valence-corrected chi connectivity index (χ3v) is 7.85. The van der Waals surface area contributed by atoms with E-state index < -0.39 is 14.6 Å². The molecule has 0 aliphatic heterocycles. The molecule has 1 aliphatic carbocycles. The molecule has 1 fully saturated rings. The predicted octanol–water partition coefficient (Wildman–Crippen LogP) is 3.27. The van der Waals surface area contributed by atoms with Crippen molar-refractivity contribution < 1.29 is 12.9 Å². The Morgan fingerprint density at radius 1 is 1.32 bits per heavy atom. The normalized spacial score (nSPS) is 18.7. The molecule has 5 nitrogen and oxygen atoms in total. The fourth-order valence-corrected chi connectivity index (χ4v) is 4.31. The molecule has 1 aliphatic rings. The predicted molar refractivity (Wildman–Crippen MR) is 85.7 cm³/mol. The van der Waals surface area contributed by atoms with Gasteiger partial charge in [-0.25, -0.2) is 8.42 Å². The highest BCUT2D eigenvalue weighted by molar-refractivity contribution is 7.91. The minimum absolute atomic E-state index is 0.174. The van der Waals surface area contributed by atoms with Crippen molar-refractivity contribution in [3.8, 4) is 0 Å². The molecule has 0 bridgehead atoms. The Labute approximate surface area is 134 Å². The quantitative estimate of drug-likeness (QED) is 0.854. The van der Waals surface area contributed by atoms with Gasteiger partial charge in [-0.05, 0) is 38.1 Å². The lowest BCUT2D eigenvalue weighted by molar-refractivity contribution is 0.336. The van der Waals surface area contributed by atoms with Gasteiger partial charge >= 0.3 is 0 Å². The van der Waals surface area contributed by atoms with Crippen molar-refractivity contribution in [3.05, 3.63) is 34.1 Å². The second-order valence-corrected chi connectivity index (χ2v) is 9.98. The van der Waals surface area contributed by atoms with Crippen molar-refractivity contribution >= 4 is 21.2 Å². The zero-order valence-corrected chi connectivity index (χ0v) is 14.6. The average Bonchev–Trinajstić information content (AvgIpc) is 3.18. The monoisotopic (exact) mass is 340 g/mol. The molecule has 0 N–H and O–H groups in total. The first-order valence-corrected chi connectivity index (χ1v) is 10.1. The van der Waals surface area contributed by atoms with Gasteiger partial charge in [0.1, 0.15) is 4.75 Å². The van der Waals surface area contributed by atoms with Crippen LogP contribution in [0.25, 0.3) is 0 Å². The molecule has 2 heterocycles. The van der Waals surface area contributed by atoms with Gasteiger partial charge in [-0.2, -0.15) is 4.98 Å². The zero-order valence-electron chi connectivity index (χ0n) is 13.0. The summed E-state index contributed by atoms with van der Waals surface area (Å²) in [6.45, 7) is 3.21. The Morgan fingerprint density at radius 2 is 2.00 bits per heavy atom. The fraction of sp³-hybridized carbons (Fsp3) is 0.600. The van der Waals surface area contributed by atoms with Crippen LogP contribution in [0.5, 0.6) is 0 Å². The van der Waals surface area contributed by atoms with Crippen LogP contribution in [0.15, 0.2) is 22.0 Å². The molecule has 0 aromatic carbocycles. The highest BCUT2D eigenvalue weighted by Crippen LogP contribution is 2.47. The highest BCUT2D eigenvalue weighted by Gasteiger charge is 2.45. The molecular formula is C15H20N2O3S2. The molecule has 0 spiro atoms. The second kappa shape index (κ2) is 5.16. The summed E-state index contributed by atoms with van der Waals surface area (Å²) in [6.07, 6.45) is 5.40. The Balaban J connectivity index is 2.06. The number of hydrogen-bond donors (Lipinski definition) is 0. The summed E-state index contributed by atoms with van der Waals surface area (Å²) in [5, 5.41) is 6.21. The maximum Gasteiger partial charge on any atom is 0.247 e. The Hall–Kier alpha value is -1.21. The standard InChI is InChI=1S/C15H20N2O3S2/c1-14(2,22(3,18)19)13-16-12(17-20-13)15(8-4-5-9-15)11-7-6-10-21-11/h6-7,10H,4-5,8-9H2,1-3H3. The van der Waals surface area contributed by atoms with Gasteiger partial charge < -0.3 is 4.52 Å². The van der Waals surface area contributed by atoms with E-state index in [4.69, 9.17) is 4.52 Å². The lowest BCUT2D eigenvalue weighted by Crippen LogP contribution is -2.29. The van der Waals surface area contributed by atoms with Crippen LogP contribution in [0.3, 0.4) is 0 Å². The smallest absolute Gasteiger partial charge is 0.247 e. The molecule has 0 radical (unpaired) electrons. The summed E-state index contributed by atoms with van der Waals surface area (Å²) in [5.74, 6) is 0.798. The van der Waals surface area contributed by atoms with Crippen molar-refractivity contribution in [2.75, 3.05) is 6.26 Å². The van der Waals surface area contributed by atoms with Crippen LogP contribution in [0.1, 0.15) is 56.1 Å². The summed E-state index contributed by atoms with van der Waals surface area (Å²) >= 11 is 1.70. The van der Waals surface area contributed by atoms with E-state index >= 15 is 0 Å². The molecule has 1 saturated carbocycles. The summed E-state index contributed by atoms with van der Waals surface area (Å²) in [6, 6.07) is 4.13. The molecule has 0 amide bonds. The number of rotatable bonds is 4. The Kier molecular flexibility index (Phi) is 3.68. The van der Waals surface area contributed by atoms with Crippen molar-refractivity contribution in [2.45, 2.75) is 49.7 Å². The minimum atomic E-state index is -3.33. The lowest BCUT2D eigenvalue weighted by Gasteiger charge is -2.23. The molecule has 0 unspecified atom stereocenters. The third kappa shape index (κ3) is 2.31. The number of thiophene rings is 1. The zero-order chi connectivity index (χ0) is 16.0. The van der Waals surface area contributed by atoms with Crippen molar-refractivity contribution in [1.82, 2.24) is 10.1 Å². The molecule has 22 heavy (non-hydrogen) atoms. The Bertz CT molecular complexity index is 755. The van der Waals surface area contributed by atoms with Crippen LogP contribution in [0.2, 0.25) is 0 Å². The van der Waals surface area contributed by atoms with Crippen LogP contribution < -0.4 is 0 Å². The van der Waals surface area contributed by atoms with Gasteiger partial charge in [0.25, 0.3) is 0 Å². The van der Waals surface area contributed by atoms with Crippen molar-refractivity contribution in [3.63, 3.8) is 0 Å². The van der Waals surface area contributed by atoms with Crippen LogP contribution in [0.4, 0.5) is 0 Å². The van der Waals surface area contributed by atoms with Crippen LogP contribution in [0, 0.1) is 0 Å². The van der Waals surface area contributed by atoms with E-state index in [1.54, 1.807) is 25.2 Å². The molecule has 3 rings (SSSR count). The van der Waals surface area contributed by atoms with Gasteiger partial charge in [0.05, 0.1) is 5.41 Å². The molecular weight excluding hydrogens is 320 g/mol. The first-order chi connectivity index (χ1) is 10.3. The first kappa shape index (κ1) is 15.7. The molecule has 0 saturated heterocycles. The summed E-state index contributed by atoms with van der Waals surface area (Å²) < 4.78 is 28.1. The SMILES string of the molecule is CC(C)(c1nc(C2(c3cccs3)CCCC2)no1)S(C)(=O)=O. The average molecular weight is 340 g/mol. The number of sulfone groups is 1. The van der Waals surface area contributed by atoms with E-state index in [-0.39, 0.29) is 11.3 Å². The van der Waals surface area contributed by atoms with Crippen LogP contribution >= 0.6 is 11.3 Å². The third-order valence-electron chi connectivity index (χ3n) is 4.75. The first-order valence-electron chi connectivity index (χ1n) is 7.36. The lowest BCUT2D eigenvalue weighted by atomic mass is 9.83. The van der Waals surface area contributed by atoms with Gasteiger partial charge in [0.15, 0.2) is 15.7 Å². The van der Waals surface area contributed by atoms with Gasteiger partial charge in [-0.15, -0.1) is 11.3 Å². The second-order valence-electron chi connectivity index (χ2n) is 6.47. The molecule has 120 valence electrons. The van der Waals surface area contributed by atoms with E-state index in [1.807, 2.05) is 6.07 Å². The van der Waals surface area contributed by atoms with Gasteiger partial charge in [0, 0.05) is 11.1 Å². The van der Waals surface area contributed by atoms with E-state index in [0.29, 0.717) is 5.82 Å². The summed E-state index contributed by atoms with van der Waals surface area (Å²) in [4.78, 5) is 5.74. The molecule has 2 aromatic rings. The van der Waals surface area contributed by atoms with E-state index in [9.17, 15) is 8.42 Å². The van der Waals surface area contributed by atoms with Crippen molar-refractivity contribution in [2.24, 2.45) is 0 Å². The molecule has 7 heteroatoms. The minimum Gasteiger partial charge on any atom is -0.338 e. The largest absolute Gasteiger partial charge is 0.338 e. The summed E-state index contributed by atoms with van der Waals surface area (Å²) in [5.41, 5.74) is -0.219. The maximum absolute atomic E-state index is 12.0. The topological polar surface area (TPSA) is 73.1 Å². The molecule has 2 aromatic heterocycles. The van der Waals surface area contributed by atoms with E-state index in [2.05, 4.69) is 21.6 Å². The number of aromatic nitrogens is 2. The molecule has 0 atom stereocenters.